The molecule has 1 aliphatic heterocycles. The first kappa shape index (κ1) is 17.3. The van der Waals surface area contributed by atoms with E-state index in [1.165, 1.54) is 0 Å². The summed E-state index contributed by atoms with van der Waals surface area (Å²) in [6.45, 7) is 0.478. The van der Waals surface area contributed by atoms with Crippen molar-refractivity contribution in [3.8, 4) is 0 Å². The third-order valence-electron chi connectivity index (χ3n) is 4.34. The van der Waals surface area contributed by atoms with Gasteiger partial charge < -0.3 is 0 Å². The van der Waals surface area contributed by atoms with E-state index < -0.39 is 0 Å². The maximum atomic E-state index is 13.1. The summed E-state index contributed by atoms with van der Waals surface area (Å²) in [6, 6.07) is 27.1. The summed E-state index contributed by atoms with van der Waals surface area (Å²) >= 11 is 5.95. The molecule has 3 aromatic carbocycles. The normalized spacial score (nSPS) is 15.3. The Bertz CT molecular complexity index is 1010. The number of halogens is 1. The van der Waals surface area contributed by atoms with Crippen molar-refractivity contribution in [2.75, 3.05) is 0 Å². The van der Waals surface area contributed by atoms with E-state index in [2.05, 4.69) is 4.99 Å². The first-order chi connectivity index (χ1) is 13.2. The van der Waals surface area contributed by atoms with Crippen molar-refractivity contribution in [1.82, 2.24) is 4.90 Å². The van der Waals surface area contributed by atoms with Gasteiger partial charge in [-0.3, -0.25) is 9.69 Å². The van der Waals surface area contributed by atoms with Gasteiger partial charge in [-0.25, -0.2) is 4.99 Å². The van der Waals surface area contributed by atoms with Gasteiger partial charge in [-0.2, -0.15) is 0 Å². The number of benzene rings is 3. The number of hydrogen-bond acceptors (Lipinski definition) is 2. The van der Waals surface area contributed by atoms with Crippen LogP contribution in [0, 0.1) is 0 Å². The molecule has 0 spiro atoms. The van der Waals surface area contributed by atoms with Crippen molar-refractivity contribution in [2.24, 2.45) is 4.99 Å². The minimum atomic E-state index is -0.104. The highest BCUT2D eigenvalue weighted by molar-refractivity contribution is 6.30. The zero-order valence-corrected chi connectivity index (χ0v) is 15.3. The highest BCUT2D eigenvalue weighted by Crippen LogP contribution is 2.24. The zero-order chi connectivity index (χ0) is 18.6. The Hall–Kier alpha value is -3.17. The average Bonchev–Trinajstić information content (AvgIpc) is 3.01. The van der Waals surface area contributed by atoms with Crippen molar-refractivity contribution in [3.05, 3.63) is 112 Å². The fraction of sp³-hybridized carbons (Fsp3) is 0.0435. The molecule has 0 bridgehead atoms. The maximum absolute atomic E-state index is 13.1. The molecule has 0 fully saturated rings. The number of hydrogen-bond donors (Lipinski definition) is 0. The van der Waals surface area contributed by atoms with Gasteiger partial charge in [0.05, 0.1) is 6.54 Å². The average molecular weight is 373 g/mol. The molecule has 0 aliphatic carbocycles. The van der Waals surface area contributed by atoms with Crippen molar-refractivity contribution in [2.45, 2.75) is 6.54 Å². The lowest BCUT2D eigenvalue weighted by molar-refractivity contribution is -0.123. The van der Waals surface area contributed by atoms with Gasteiger partial charge in [0.15, 0.2) is 0 Å². The number of carbonyl (C=O) groups excluding carboxylic acids is 1. The summed E-state index contributed by atoms with van der Waals surface area (Å²) in [5.74, 6) is 0.567. The van der Waals surface area contributed by atoms with E-state index in [0.717, 1.165) is 16.7 Å². The third-order valence-corrected chi connectivity index (χ3v) is 4.59. The molecular weight excluding hydrogens is 356 g/mol. The van der Waals surface area contributed by atoms with E-state index in [9.17, 15) is 4.79 Å². The molecular formula is C23H17ClN2O. The van der Waals surface area contributed by atoms with Crippen LogP contribution in [-0.2, 0) is 11.3 Å². The van der Waals surface area contributed by atoms with E-state index in [4.69, 9.17) is 11.6 Å². The van der Waals surface area contributed by atoms with Crippen LogP contribution in [0.2, 0.25) is 5.02 Å². The minimum Gasteiger partial charge on any atom is -0.286 e. The largest absolute Gasteiger partial charge is 0.286 e. The molecule has 132 valence electrons. The van der Waals surface area contributed by atoms with Gasteiger partial charge in [0, 0.05) is 10.6 Å². The SMILES string of the molecule is O=C1/C(=C/c2ccc(Cl)cc2)N=C(c2ccccc2)N1Cc1ccccc1. The van der Waals surface area contributed by atoms with Crippen LogP contribution in [0.1, 0.15) is 16.7 Å². The predicted molar refractivity (Wildman–Crippen MR) is 109 cm³/mol. The molecule has 0 unspecified atom stereocenters. The van der Waals surface area contributed by atoms with E-state index in [1.54, 1.807) is 23.1 Å². The summed E-state index contributed by atoms with van der Waals surface area (Å²) in [4.78, 5) is 19.5. The Morgan fingerprint density at radius 3 is 2.15 bits per heavy atom. The Kier molecular flexibility index (Phi) is 4.86. The zero-order valence-electron chi connectivity index (χ0n) is 14.5. The van der Waals surface area contributed by atoms with Crippen molar-refractivity contribution in [1.29, 1.82) is 0 Å². The number of amidine groups is 1. The van der Waals surface area contributed by atoms with Crippen molar-refractivity contribution in [3.63, 3.8) is 0 Å². The van der Waals surface area contributed by atoms with Gasteiger partial charge in [0.2, 0.25) is 0 Å². The van der Waals surface area contributed by atoms with Gasteiger partial charge in [-0.05, 0) is 29.3 Å². The third kappa shape index (κ3) is 3.83. The summed E-state index contributed by atoms with van der Waals surface area (Å²) in [5.41, 5.74) is 3.29. The van der Waals surface area contributed by atoms with Crippen LogP contribution in [0.15, 0.2) is 95.6 Å². The molecule has 3 aromatic rings. The quantitative estimate of drug-likeness (QED) is 0.581. The first-order valence-electron chi connectivity index (χ1n) is 8.68. The molecule has 0 N–H and O–H groups in total. The van der Waals surface area contributed by atoms with E-state index in [-0.39, 0.29) is 5.91 Å². The van der Waals surface area contributed by atoms with E-state index in [1.807, 2.05) is 72.8 Å². The van der Waals surface area contributed by atoms with Crippen LogP contribution < -0.4 is 0 Å². The second-order valence-electron chi connectivity index (χ2n) is 6.26. The fourth-order valence-electron chi connectivity index (χ4n) is 2.99. The van der Waals surface area contributed by atoms with Gasteiger partial charge in [-0.15, -0.1) is 0 Å². The molecule has 1 amide bonds. The molecule has 1 heterocycles. The lowest BCUT2D eigenvalue weighted by atomic mass is 10.1. The van der Waals surface area contributed by atoms with Crippen LogP contribution in [0.3, 0.4) is 0 Å². The van der Waals surface area contributed by atoms with Crippen molar-refractivity contribution >= 4 is 29.4 Å². The molecule has 0 aromatic heterocycles. The number of rotatable bonds is 4. The fourth-order valence-corrected chi connectivity index (χ4v) is 3.11. The number of aliphatic imine (C=N–C) groups is 1. The molecule has 0 radical (unpaired) electrons. The summed E-state index contributed by atoms with van der Waals surface area (Å²) < 4.78 is 0. The van der Waals surface area contributed by atoms with Crippen molar-refractivity contribution < 1.29 is 4.79 Å². The van der Waals surface area contributed by atoms with Crippen LogP contribution in [-0.4, -0.2) is 16.6 Å². The molecule has 0 saturated heterocycles. The van der Waals surface area contributed by atoms with Crippen LogP contribution in [0.4, 0.5) is 0 Å². The number of nitrogens with zero attached hydrogens (tertiary/aromatic N) is 2. The second-order valence-corrected chi connectivity index (χ2v) is 6.70. The monoisotopic (exact) mass is 372 g/mol. The standard InChI is InChI=1S/C23H17ClN2O/c24-20-13-11-17(12-14-20)15-21-23(27)26(16-18-7-3-1-4-8-18)22(25-21)19-9-5-2-6-10-19/h1-15H,16H2/b21-15-. The Labute approximate surface area is 163 Å². The Morgan fingerprint density at radius 1 is 0.852 bits per heavy atom. The van der Waals surface area contributed by atoms with Gasteiger partial charge in [-0.1, -0.05) is 84.4 Å². The number of carbonyl (C=O) groups is 1. The molecule has 27 heavy (non-hydrogen) atoms. The highest BCUT2D eigenvalue weighted by atomic mass is 35.5. The van der Waals surface area contributed by atoms with E-state index >= 15 is 0 Å². The molecule has 4 rings (SSSR count). The lowest BCUT2D eigenvalue weighted by Gasteiger charge is -2.18. The first-order valence-corrected chi connectivity index (χ1v) is 9.06. The lowest BCUT2D eigenvalue weighted by Crippen LogP contribution is -2.32. The molecule has 4 heteroatoms. The molecule has 0 atom stereocenters. The predicted octanol–water partition coefficient (Wildman–Crippen LogP) is 5.17. The van der Waals surface area contributed by atoms with Crippen LogP contribution >= 0.6 is 11.6 Å². The Morgan fingerprint density at radius 2 is 1.48 bits per heavy atom. The summed E-state index contributed by atoms with van der Waals surface area (Å²) in [7, 11) is 0. The second kappa shape index (κ2) is 7.60. The smallest absolute Gasteiger partial charge is 0.278 e. The molecule has 1 aliphatic rings. The van der Waals surface area contributed by atoms with Gasteiger partial charge >= 0.3 is 0 Å². The van der Waals surface area contributed by atoms with Gasteiger partial charge in [0.25, 0.3) is 5.91 Å². The maximum Gasteiger partial charge on any atom is 0.278 e. The molecule has 0 saturated carbocycles. The number of amides is 1. The molecule has 3 nitrogen and oxygen atoms in total. The summed E-state index contributed by atoms with van der Waals surface area (Å²) in [6.07, 6.45) is 1.80. The Balaban J connectivity index is 1.72. The van der Waals surface area contributed by atoms with Gasteiger partial charge in [0.1, 0.15) is 11.5 Å². The van der Waals surface area contributed by atoms with E-state index in [0.29, 0.717) is 23.1 Å². The summed E-state index contributed by atoms with van der Waals surface area (Å²) in [5, 5.41) is 0.661. The van der Waals surface area contributed by atoms with Crippen LogP contribution in [0.25, 0.3) is 6.08 Å². The minimum absolute atomic E-state index is 0.104. The van der Waals surface area contributed by atoms with Crippen LogP contribution in [0.5, 0.6) is 0 Å². The highest BCUT2D eigenvalue weighted by Gasteiger charge is 2.31. The topological polar surface area (TPSA) is 32.7 Å².